The molecular weight excluding hydrogens is 391 g/mol. The molecule has 2 aromatic carbocycles. The van der Waals surface area contributed by atoms with Gasteiger partial charge in [0.1, 0.15) is 17.3 Å². The van der Waals surface area contributed by atoms with E-state index in [0.29, 0.717) is 38.5 Å². The Bertz CT molecular complexity index is 845. The van der Waals surface area contributed by atoms with Gasteiger partial charge in [-0.25, -0.2) is 4.39 Å². The van der Waals surface area contributed by atoms with Crippen LogP contribution < -0.4 is 9.64 Å². The standard InChI is InChI=1S/C22H27FN2O3S/c1-17-13-18(2)15-21(14-17)28-11-12-29(27)16-22(26)25-9-7-24(8-10-25)20-5-3-19(23)4-6-20/h3-6,13-15H,7-12,16H2,1-2H3/t29-/m0/s1. The Balaban J connectivity index is 1.39. The lowest BCUT2D eigenvalue weighted by Crippen LogP contribution is -2.50. The van der Waals surface area contributed by atoms with E-state index in [9.17, 15) is 13.4 Å². The summed E-state index contributed by atoms with van der Waals surface area (Å²) >= 11 is 0. The zero-order chi connectivity index (χ0) is 20.8. The van der Waals surface area contributed by atoms with Crippen molar-refractivity contribution in [2.24, 2.45) is 0 Å². The predicted octanol–water partition coefficient (Wildman–Crippen LogP) is 2.92. The van der Waals surface area contributed by atoms with Gasteiger partial charge >= 0.3 is 0 Å². The highest BCUT2D eigenvalue weighted by atomic mass is 32.2. The number of carbonyl (C=O) groups excluding carboxylic acids is 1. The third-order valence-corrected chi connectivity index (χ3v) is 6.07. The van der Waals surface area contributed by atoms with Crippen molar-refractivity contribution in [1.82, 2.24) is 4.90 Å². The van der Waals surface area contributed by atoms with Crippen molar-refractivity contribution < 1.29 is 18.1 Å². The van der Waals surface area contributed by atoms with Crippen LogP contribution in [-0.2, 0) is 15.6 Å². The fourth-order valence-electron chi connectivity index (χ4n) is 3.44. The van der Waals surface area contributed by atoms with Crippen LogP contribution in [0, 0.1) is 19.7 Å². The molecule has 7 heteroatoms. The van der Waals surface area contributed by atoms with Gasteiger partial charge in [0.2, 0.25) is 5.91 Å². The van der Waals surface area contributed by atoms with Crippen molar-refractivity contribution in [3.63, 3.8) is 0 Å². The fraction of sp³-hybridized carbons (Fsp3) is 0.409. The molecule has 0 N–H and O–H groups in total. The first-order valence-electron chi connectivity index (χ1n) is 9.75. The van der Waals surface area contributed by atoms with Gasteiger partial charge in [0, 0.05) is 42.7 Å². The molecule has 1 saturated heterocycles. The first kappa shape index (κ1) is 21.3. The van der Waals surface area contributed by atoms with Crippen LogP contribution >= 0.6 is 0 Å². The molecule has 0 unspecified atom stereocenters. The van der Waals surface area contributed by atoms with E-state index in [4.69, 9.17) is 4.74 Å². The second-order valence-corrected chi connectivity index (χ2v) is 8.88. The van der Waals surface area contributed by atoms with Crippen molar-refractivity contribution in [2.45, 2.75) is 13.8 Å². The van der Waals surface area contributed by atoms with Crippen LogP contribution in [0.1, 0.15) is 11.1 Å². The molecule has 0 spiro atoms. The minimum absolute atomic E-state index is 0.0206. The smallest absolute Gasteiger partial charge is 0.235 e. The number of amides is 1. The Morgan fingerprint density at radius 2 is 1.66 bits per heavy atom. The zero-order valence-electron chi connectivity index (χ0n) is 16.9. The summed E-state index contributed by atoms with van der Waals surface area (Å²) in [7, 11) is -1.26. The molecule has 1 heterocycles. The van der Waals surface area contributed by atoms with Gasteiger partial charge in [0.15, 0.2) is 0 Å². The second kappa shape index (κ2) is 9.87. The number of nitrogens with zero attached hydrogens (tertiary/aromatic N) is 2. The summed E-state index contributed by atoms with van der Waals surface area (Å²) in [6.07, 6.45) is 0. The van der Waals surface area contributed by atoms with Gasteiger partial charge in [-0.3, -0.25) is 9.00 Å². The number of piperazine rings is 1. The number of benzene rings is 2. The van der Waals surface area contributed by atoms with Crippen molar-refractivity contribution in [1.29, 1.82) is 0 Å². The SMILES string of the molecule is Cc1cc(C)cc(OCC[S@](=O)CC(=O)N2CCN(c3ccc(F)cc3)CC2)c1. The summed E-state index contributed by atoms with van der Waals surface area (Å²) < 4.78 is 31.0. The Kier molecular flexibility index (Phi) is 7.25. The first-order chi connectivity index (χ1) is 13.9. The number of aryl methyl sites for hydroxylation is 2. The van der Waals surface area contributed by atoms with Crippen LogP contribution in [0.3, 0.4) is 0 Å². The van der Waals surface area contributed by atoms with E-state index in [1.54, 1.807) is 17.0 Å². The third-order valence-electron chi connectivity index (χ3n) is 4.88. The van der Waals surface area contributed by atoms with Gasteiger partial charge in [-0.15, -0.1) is 0 Å². The molecular formula is C22H27FN2O3S. The van der Waals surface area contributed by atoms with Crippen molar-refractivity contribution >= 4 is 22.4 Å². The summed E-state index contributed by atoms with van der Waals surface area (Å²) in [5.41, 5.74) is 3.19. The van der Waals surface area contributed by atoms with E-state index in [0.717, 1.165) is 22.6 Å². The largest absolute Gasteiger partial charge is 0.493 e. The zero-order valence-corrected chi connectivity index (χ0v) is 17.7. The summed E-state index contributed by atoms with van der Waals surface area (Å²) in [4.78, 5) is 16.3. The molecule has 1 aliphatic rings. The van der Waals surface area contributed by atoms with Crippen LogP contribution in [0.2, 0.25) is 0 Å². The number of hydrogen-bond acceptors (Lipinski definition) is 4. The number of halogens is 1. The molecule has 1 atom stereocenters. The van der Waals surface area contributed by atoms with Crippen LogP contribution in [0.4, 0.5) is 10.1 Å². The monoisotopic (exact) mass is 418 g/mol. The van der Waals surface area contributed by atoms with E-state index >= 15 is 0 Å². The molecule has 156 valence electrons. The van der Waals surface area contributed by atoms with E-state index in [2.05, 4.69) is 11.0 Å². The van der Waals surface area contributed by atoms with E-state index in [1.165, 1.54) is 12.1 Å². The van der Waals surface area contributed by atoms with Crippen LogP contribution in [0.15, 0.2) is 42.5 Å². The highest BCUT2D eigenvalue weighted by Crippen LogP contribution is 2.18. The number of carbonyl (C=O) groups is 1. The first-order valence-corrected chi connectivity index (χ1v) is 11.2. The molecule has 1 fully saturated rings. The van der Waals surface area contributed by atoms with Gasteiger partial charge in [0.05, 0.1) is 12.4 Å². The van der Waals surface area contributed by atoms with Crippen molar-refractivity contribution in [3.05, 3.63) is 59.4 Å². The molecule has 29 heavy (non-hydrogen) atoms. The third kappa shape index (κ3) is 6.29. The van der Waals surface area contributed by atoms with E-state index < -0.39 is 10.8 Å². The van der Waals surface area contributed by atoms with Crippen LogP contribution in [0.5, 0.6) is 5.75 Å². The van der Waals surface area contributed by atoms with E-state index in [-0.39, 0.29) is 17.5 Å². The number of ether oxygens (including phenoxy) is 1. The van der Waals surface area contributed by atoms with Gasteiger partial charge in [0.25, 0.3) is 0 Å². The average molecular weight is 419 g/mol. The Labute approximate surface area is 173 Å². The van der Waals surface area contributed by atoms with E-state index in [1.807, 2.05) is 26.0 Å². The lowest BCUT2D eigenvalue weighted by Gasteiger charge is -2.36. The molecule has 0 saturated carbocycles. The molecule has 2 aromatic rings. The quantitative estimate of drug-likeness (QED) is 0.694. The van der Waals surface area contributed by atoms with Crippen LogP contribution in [0.25, 0.3) is 0 Å². The van der Waals surface area contributed by atoms with Gasteiger partial charge in [-0.1, -0.05) is 6.07 Å². The minimum Gasteiger partial charge on any atom is -0.493 e. The van der Waals surface area contributed by atoms with Gasteiger partial charge in [-0.2, -0.15) is 0 Å². The summed E-state index contributed by atoms with van der Waals surface area (Å²) in [5, 5.41) is 0. The topological polar surface area (TPSA) is 49.9 Å². The maximum Gasteiger partial charge on any atom is 0.235 e. The fourth-order valence-corrected chi connectivity index (χ4v) is 4.31. The summed E-state index contributed by atoms with van der Waals surface area (Å²) in [6.45, 7) is 6.85. The Hall–Kier alpha value is -2.41. The van der Waals surface area contributed by atoms with Gasteiger partial charge < -0.3 is 14.5 Å². The molecule has 3 rings (SSSR count). The normalized spacial score (nSPS) is 15.3. The second-order valence-electron chi connectivity index (χ2n) is 7.30. The van der Waals surface area contributed by atoms with Gasteiger partial charge in [-0.05, 0) is 61.4 Å². The number of anilines is 1. The number of hydrogen-bond donors (Lipinski definition) is 0. The maximum absolute atomic E-state index is 13.1. The molecule has 0 aromatic heterocycles. The molecule has 0 aliphatic carbocycles. The molecule has 1 aliphatic heterocycles. The predicted molar refractivity (Wildman–Crippen MR) is 114 cm³/mol. The maximum atomic E-state index is 13.1. The highest BCUT2D eigenvalue weighted by Gasteiger charge is 2.22. The number of rotatable bonds is 7. The summed E-state index contributed by atoms with van der Waals surface area (Å²) in [6, 6.07) is 12.3. The molecule has 0 radical (unpaired) electrons. The van der Waals surface area contributed by atoms with Crippen molar-refractivity contribution in [2.75, 3.05) is 49.2 Å². The lowest BCUT2D eigenvalue weighted by atomic mass is 10.1. The molecule has 0 bridgehead atoms. The minimum atomic E-state index is -1.26. The van der Waals surface area contributed by atoms with Crippen molar-refractivity contribution in [3.8, 4) is 5.75 Å². The highest BCUT2D eigenvalue weighted by molar-refractivity contribution is 7.85. The Morgan fingerprint density at radius 1 is 1.03 bits per heavy atom. The Morgan fingerprint density at radius 3 is 2.28 bits per heavy atom. The molecule has 5 nitrogen and oxygen atoms in total. The summed E-state index contributed by atoms with van der Waals surface area (Å²) in [5.74, 6) is 0.767. The average Bonchev–Trinajstić information content (AvgIpc) is 2.68. The molecule has 1 amide bonds. The van der Waals surface area contributed by atoms with Crippen LogP contribution in [-0.4, -0.2) is 59.3 Å². The lowest BCUT2D eigenvalue weighted by molar-refractivity contribution is -0.128.